The van der Waals surface area contributed by atoms with E-state index in [4.69, 9.17) is 5.73 Å². The van der Waals surface area contributed by atoms with Gasteiger partial charge < -0.3 is 10.7 Å². The van der Waals surface area contributed by atoms with Crippen molar-refractivity contribution in [1.29, 1.82) is 0 Å². The van der Waals surface area contributed by atoms with Crippen LogP contribution in [0.3, 0.4) is 0 Å². The van der Waals surface area contributed by atoms with Crippen LogP contribution in [0.1, 0.15) is 50.2 Å². The number of nitrogens with one attached hydrogen (secondary N) is 1. The number of H-pyrrole nitrogens is 1. The Labute approximate surface area is 149 Å². The van der Waals surface area contributed by atoms with Gasteiger partial charge in [-0.2, -0.15) is 0 Å². The number of benzene rings is 2. The molecule has 0 spiro atoms. The maximum Gasteiger partial charge on any atom is 0.123 e. The molecule has 2 aromatic carbocycles. The Bertz CT molecular complexity index is 850. The van der Waals surface area contributed by atoms with E-state index < -0.39 is 0 Å². The highest BCUT2D eigenvalue weighted by Gasteiger charge is 2.17. The summed E-state index contributed by atoms with van der Waals surface area (Å²) in [5, 5.41) is 1.26. The number of halogens is 1. The Hall–Kier alpha value is -2.13. The van der Waals surface area contributed by atoms with Crippen LogP contribution in [0.25, 0.3) is 22.2 Å². The summed E-state index contributed by atoms with van der Waals surface area (Å²) in [6.45, 7) is 5.17. The average molecular weight is 338 g/mol. The largest absolute Gasteiger partial charge is 0.354 e. The van der Waals surface area contributed by atoms with Crippen molar-refractivity contribution in [2.45, 2.75) is 45.4 Å². The molecule has 0 radical (unpaired) electrons. The van der Waals surface area contributed by atoms with Crippen LogP contribution >= 0.6 is 0 Å². The first-order valence-corrected chi connectivity index (χ1v) is 9.25. The first kappa shape index (κ1) is 17.7. The van der Waals surface area contributed by atoms with Gasteiger partial charge in [0.1, 0.15) is 5.82 Å². The fourth-order valence-electron chi connectivity index (χ4n) is 3.52. The molecule has 1 aromatic heterocycles. The van der Waals surface area contributed by atoms with Gasteiger partial charge in [-0.15, -0.1) is 0 Å². The van der Waals surface area contributed by atoms with E-state index in [-0.39, 0.29) is 5.82 Å². The fraction of sp³-hybridized carbons (Fsp3) is 0.364. The lowest BCUT2D eigenvalue weighted by Gasteiger charge is -2.10. The molecule has 0 fully saturated rings. The number of aryl methyl sites for hydroxylation is 1. The van der Waals surface area contributed by atoms with Gasteiger partial charge in [0.2, 0.25) is 0 Å². The van der Waals surface area contributed by atoms with Gasteiger partial charge in [-0.05, 0) is 61.4 Å². The van der Waals surface area contributed by atoms with Crippen LogP contribution in [0.5, 0.6) is 0 Å². The van der Waals surface area contributed by atoms with E-state index in [1.54, 1.807) is 12.1 Å². The minimum Gasteiger partial charge on any atom is -0.354 e. The first-order chi connectivity index (χ1) is 12.2. The second-order valence-corrected chi connectivity index (χ2v) is 6.81. The molecule has 25 heavy (non-hydrogen) atoms. The van der Waals surface area contributed by atoms with Crippen molar-refractivity contribution < 1.29 is 4.39 Å². The predicted molar refractivity (Wildman–Crippen MR) is 104 cm³/mol. The number of unbranched alkanes of at least 4 members (excludes halogenated alkanes) is 1. The maximum atomic E-state index is 13.8. The Morgan fingerprint density at radius 2 is 1.92 bits per heavy atom. The molecule has 1 heterocycles. The molecule has 2 nitrogen and oxygen atoms in total. The van der Waals surface area contributed by atoms with Crippen LogP contribution in [0.15, 0.2) is 42.5 Å². The molecule has 0 saturated carbocycles. The smallest absolute Gasteiger partial charge is 0.123 e. The minimum atomic E-state index is -0.203. The summed E-state index contributed by atoms with van der Waals surface area (Å²) in [6, 6.07) is 13.4. The minimum absolute atomic E-state index is 0.203. The monoisotopic (exact) mass is 338 g/mol. The highest BCUT2D eigenvalue weighted by Crippen LogP contribution is 2.36. The van der Waals surface area contributed by atoms with E-state index in [0.29, 0.717) is 12.5 Å². The average Bonchev–Trinajstić information content (AvgIpc) is 3.00. The van der Waals surface area contributed by atoms with Crippen LogP contribution in [0.4, 0.5) is 4.39 Å². The molecule has 3 rings (SSSR count). The summed E-state index contributed by atoms with van der Waals surface area (Å²) in [4.78, 5) is 3.62. The van der Waals surface area contributed by atoms with Gasteiger partial charge in [0.15, 0.2) is 0 Å². The summed E-state index contributed by atoms with van der Waals surface area (Å²) < 4.78 is 13.8. The topological polar surface area (TPSA) is 41.8 Å². The van der Waals surface area contributed by atoms with Crippen LogP contribution in [-0.4, -0.2) is 11.5 Å². The lowest BCUT2D eigenvalue weighted by atomic mass is 9.94. The molecule has 1 unspecified atom stereocenters. The number of fused-ring (bicyclic) bond motifs is 1. The summed E-state index contributed by atoms with van der Waals surface area (Å²) >= 11 is 0. The fourth-order valence-corrected chi connectivity index (χ4v) is 3.52. The van der Waals surface area contributed by atoms with E-state index in [2.05, 4.69) is 37.0 Å². The number of aromatic amines is 1. The molecule has 3 heteroatoms. The molecule has 3 aromatic rings. The quantitative estimate of drug-likeness (QED) is 0.528. The van der Waals surface area contributed by atoms with Gasteiger partial charge in [-0.3, -0.25) is 0 Å². The number of hydrogen-bond acceptors (Lipinski definition) is 1. The number of rotatable bonds is 7. The van der Waals surface area contributed by atoms with Crippen molar-refractivity contribution >= 4 is 10.9 Å². The zero-order valence-corrected chi connectivity index (χ0v) is 15.1. The molecule has 132 valence electrons. The molecule has 0 bridgehead atoms. The molecular formula is C22H27FN2. The predicted octanol–water partition coefficient (Wildman–Crippen LogP) is 5.77. The van der Waals surface area contributed by atoms with Gasteiger partial charge in [0.25, 0.3) is 0 Å². The molecule has 0 aliphatic rings. The van der Waals surface area contributed by atoms with Crippen molar-refractivity contribution in [1.82, 2.24) is 4.98 Å². The second kappa shape index (κ2) is 7.83. The third kappa shape index (κ3) is 3.62. The van der Waals surface area contributed by atoms with Crippen molar-refractivity contribution in [3.05, 3.63) is 59.4 Å². The molecular weight excluding hydrogens is 311 g/mol. The highest BCUT2D eigenvalue weighted by atomic mass is 19.1. The normalized spacial score (nSPS) is 12.6. The van der Waals surface area contributed by atoms with Crippen LogP contribution in [0.2, 0.25) is 0 Å². The van der Waals surface area contributed by atoms with Crippen molar-refractivity contribution in [2.24, 2.45) is 5.73 Å². The van der Waals surface area contributed by atoms with E-state index >= 15 is 0 Å². The number of hydrogen-bond donors (Lipinski definition) is 2. The van der Waals surface area contributed by atoms with Crippen molar-refractivity contribution in [2.75, 3.05) is 6.54 Å². The maximum absolute atomic E-state index is 13.8. The Kier molecular flexibility index (Phi) is 5.54. The van der Waals surface area contributed by atoms with Crippen molar-refractivity contribution in [3.8, 4) is 11.3 Å². The molecule has 1 atom stereocenters. The third-order valence-electron chi connectivity index (χ3n) is 5.11. The SMILES string of the molecule is CCC(C)c1cccc2c(CCCCN)c(-c3cccc(F)c3)[nH]c12. The summed E-state index contributed by atoms with van der Waals surface area (Å²) in [7, 11) is 0. The Balaban J connectivity index is 2.18. The lowest BCUT2D eigenvalue weighted by molar-refractivity contribution is 0.628. The van der Waals surface area contributed by atoms with Crippen LogP contribution in [0, 0.1) is 5.82 Å². The Morgan fingerprint density at radius 1 is 1.12 bits per heavy atom. The van der Waals surface area contributed by atoms with Crippen molar-refractivity contribution in [3.63, 3.8) is 0 Å². The summed E-state index contributed by atoms with van der Waals surface area (Å²) in [6.07, 6.45) is 4.09. The van der Waals surface area contributed by atoms with Gasteiger partial charge >= 0.3 is 0 Å². The first-order valence-electron chi connectivity index (χ1n) is 9.25. The summed E-state index contributed by atoms with van der Waals surface area (Å²) in [5.41, 5.74) is 11.4. The molecule has 0 aliphatic heterocycles. The van der Waals surface area contributed by atoms with E-state index in [9.17, 15) is 4.39 Å². The van der Waals surface area contributed by atoms with Gasteiger partial charge in [0.05, 0.1) is 0 Å². The zero-order valence-electron chi connectivity index (χ0n) is 15.1. The van der Waals surface area contributed by atoms with Gasteiger partial charge in [-0.25, -0.2) is 4.39 Å². The highest BCUT2D eigenvalue weighted by molar-refractivity contribution is 5.93. The van der Waals surface area contributed by atoms with Gasteiger partial charge in [0, 0.05) is 22.2 Å². The summed E-state index contributed by atoms with van der Waals surface area (Å²) in [5.74, 6) is 0.283. The van der Waals surface area contributed by atoms with E-state index in [1.165, 1.54) is 28.1 Å². The number of para-hydroxylation sites is 1. The van der Waals surface area contributed by atoms with Gasteiger partial charge in [-0.1, -0.05) is 44.2 Å². The number of aromatic nitrogens is 1. The van der Waals surface area contributed by atoms with Crippen LogP contribution < -0.4 is 5.73 Å². The molecule has 0 amide bonds. The molecule has 0 aliphatic carbocycles. The molecule has 3 N–H and O–H groups in total. The zero-order chi connectivity index (χ0) is 17.8. The third-order valence-corrected chi connectivity index (χ3v) is 5.11. The Morgan fingerprint density at radius 3 is 2.64 bits per heavy atom. The van der Waals surface area contributed by atoms with Crippen LogP contribution in [-0.2, 0) is 6.42 Å². The number of nitrogens with two attached hydrogens (primary N) is 1. The lowest BCUT2D eigenvalue weighted by Crippen LogP contribution is -1.99. The standard InChI is InChI=1S/C22H27FN2/c1-3-15(2)18-11-7-12-20-19(10-4-5-13-24)21(25-22(18)20)16-8-6-9-17(23)14-16/h6-9,11-12,14-15,25H,3-5,10,13,24H2,1-2H3. The second-order valence-electron chi connectivity index (χ2n) is 6.81. The molecule has 0 saturated heterocycles. The van der Waals surface area contributed by atoms with E-state index in [0.717, 1.165) is 36.9 Å². The van der Waals surface area contributed by atoms with E-state index in [1.807, 2.05) is 6.07 Å².